The number of nitrogens with zero attached hydrogens (tertiary/aromatic N) is 5. The maximum absolute atomic E-state index is 13.6. The number of pyridine rings is 1. The van der Waals surface area contributed by atoms with Gasteiger partial charge >= 0.3 is 0 Å². The molecule has 1 aromatic heterocycles. The molecule has 222 valence electrons. The van der Waals surface area contributed by atoms with Crippen LogP contribution < -0.4 is 5.43 Å². The van der Waals surface area contributed by atoms with Gasteiger partial charge in [0, 0.05) is 53.3 Å². The Hall–Kier alpha value is -4.44. The average Bonchev–Trinajstić information content (AvgIpc) is 2.97. The van der Waals surface area contributed by atoms with Crippen LogP contribution in [0.15, 0.2) is 92.7 Å². The van der Waals surface area contributed by atoms with Gasteiger partial charge in [0.05, 0.1) is 44.4 Å². The van der Waals surface area contributed by atoms with E-state index in [1.807, 2.05) is 30.3 Å². The Morgan fingerprint density at radius 2 is 1.74 bits per heavy atom. The first-order valence-corrected chi connectivity index (χ1v) is 15.3. The molecule has 0 amide bonds. The number of hydrogen-bond donors (Lipinski definition) is 1. The van der Waals surface area contributed by atoms with Crippen LogP contribution in [0.25, 0.3) is 10.9 Å². The molecule has 3 aromatic carbocycles. The van der Waals surface area contributed by atoms with Crippen molar-refractivity contribution in [2.45, 2.75) is 40.7 Å². The summed E-state index contributed by atoms with van der Waals surface area (Å²) in [5, 5.41) is 28.4. The van der Waals surface area contributed by atoms with Gasteiger partial charge in [0.25, 0.3) is 11.4 Å². The summed E-state index contributed by atoms with van der Waals surface area (Å²) in [7, 11) is -4.16. The van der Waals surface area contributed by atoms with Gasteiger partial charge in [-0.1, -0.05) is 36.0 Å². The van der Waals surface area contributed by atoms with Crippen molar-refractivity contribution in [3.05, 3.63) is 98.7 Å². The van der Waals surface area contributed by atoms with Crippen LogP contribution in [0.5, 0.6) is 0 Å². The average molecular weight is 623 g/mol. The Balaban J connectivity index is 1.42. The van der Waals surface area contributed by atoms with Gasteiger partial charge in [-0.05, 0) is 38.1 Å². The quantitative estimate of drug-likeness (QED) is 0.144. The van der Waals surface area contributed by atoms with Gasteiger partial charge in [0.2, 0.25) is 10.0 Å². The Labute approximate surface area is 250 Å². The van der Waals surface area contributed by atoms with E-state index in [2.05, 4.69) is 15.5 Å². The number of nitrogens with one attached hydrogen (secondary N) is 1. The van der Waals surface area contributed by atoms with Gasteiger partial charge < -0.3 is 4.74 Å². The van der Waals surface area contributed by atoms with E-state index in [0.717, 1.165) is 21.9 Å². The molecule has 13 nitrogen and oxygen atoms in total. The first kappa shape index (κ1) is 30.0. The molecular weight excluding hydrogens is 596 g/mol. The van der Waals surface area contributed by atoms with Crippen LogP contribution in [-0.4, -0.2) is 59.1 Å². The van der Waals surface area contributed by atoms with Gasteiger partial charge in [-0.3, -0.25) is 30.6 Å². The van der Waals surface area contributed by atoms with Crippen molar-refractivity contribution in [3.63, 3.8) is 0 Å². The molecule has 1 N–H and O–H groups in total. The lowest BCUT2D eigenvalue weighted by atomic mass is 10.2. The third-order valence-electron chi connectivity index (χ3n) is 6.57. The third kappa shape index (κ3) is 6.64. The lowest BCUT2D eigenvalue weighted by molar-refractivity contribution is -0.387. The second-order valence-electron chi connectivity index (χ2n) is 9.80. The number of ether oxygens (including phenoxy) is 1. The van der Waals surface area contributed by atoms with Crippen LogP contribution in [0.4, 0.5) is 17.1 Å². The number of hydrogen-bond acceptors (Lipinski definition) is 11. The van der Waals surface area contributed by atoms with E-state index in [-0.39, 0.29) is 41.6 Å². The molecule has 1 aliphatic heterocycles. The third-order valence-corrected chi connectivity index (χ3v) is 9.56. The Kier molecular flexibility index (Phi) is 8.68. The first-order chi connectivity index (χ1) is 20.5. The van der Waals surface area contributed by atoms with Crippen molar-refractivity contribution in [2.24, 2.45) is 5.10 Å². The van der Waals surface area contributed by atoms with Crippen LogP contribution >= 0.6 is 11.8 Å². The van der Waals surface area contributed by atoms with E-state index in [1.165, 1.54) is 40.5 Å². The normalized spacial score (nSPS) is 17.7. The molecule has 1 saturated heterocycles. The molecule has 0 unspecified atom stereocenters. The molecule has 2 heterocycles. The Morgan fingerprint density at radius 1 is 1.00 bits per heavy atom. The number of sulfonamides is 1. The summed E-state index contributed by atoms with van der Waals surface area (Å²) in [6.07, 6.45) is 2.25. The van der Waals surface area contributed by atoms with E-state index in [9.17, 15) is 28.6 Å². The number of para-hydroxylation sites is 1. The highest BCUT2D eigenvalue weighted by molar-refractivity contribution is 7.99. The number of hydrazone groups is 1. The SMILES string of the molecule is C[C@H]1CN(S(=O)(=O)c2cc([N+](=O)[O-])ccc2N/N=C\c2ccc(Sc3cccc4cccnc34)c([N+](=O)[O-])c2)C[C@H](C)O1. The molecule has 0 bridgehead atoms. The fourth-order valence-electron chi connectivity index (χ4n) is 4.69. The van der Waals surface area contributed by atoms with Crippen molar-refractivity contribution < 1.29 is 23.0 Å². The molecule has 43 heavy (non-hydrogen) atoms. The van der Waals surface area contributed by atoms with Gasteiger partial charge in [-0.25, -0.2) is 8.42 Å². The lowest BCUT2D eigenvalue weighted by Gasteiger charge is -2.34. The maximum atomic E-state index is 13.6. The topological polar surface area (TPSA) is 170 Å². The minimum Gasteiger partial charge on any atom is -0.373 e. The molecule has 15 heteroatoms. The fraction of sp³-hybridized carbons (Fsp3) is 0.214. The number of benzene rings is 3. The Bertz CT molecular complexity index is 1840. The van der Waals surface area contributed by atoms with E-state index in [1.54, 1.807) is 32.2 Å². The molecule has 5 rings (SSSR count). The number of nitro groups is 2. The lowest BCUT2D eigenvalue weighted by Crippen LogP contribution is -2.48. The maximum Gasteiger partial charge on any atom is 0.283 e. The van der Waals surface area contributed by atoms with Gasteiger partial charge in [0.1, 0.15) is 4.90 Å². The van der Waals surface area contributed by atoms with Crippen molar-refractivity contribution in [3.8, 4) is 0 Å². The number of anilines is 1. The molecule has 0 radical (unpaired) electrons. The van der Waals surface area contributed by atoms with Crippen molar-refractivity contribution in [1.82, 2.24) is 9.29 Å². The smallest absolute Gasteiger partial charge is 0.283 e. The molecule has 4 aromatic rings. The molecule has 1 fully saturated rings. The van der Waals surface area contributed by atoms with Crippen LogP contribution in [0.1, 0.15) is 19.4 Å². The van der Waals surface area contributed by atoms with Crippen LogP contribution in [0, 0.1) is 20.2 Å². The summed E-state index contributed by atoms with van der Waals surface area (Å²) >= 11 is 1.22. The summed E-state index contributed by atoms with van der Waals surface area (Å²) in [6, 6.07) is 17.4. The van der Waals surface area contributed by atoms with Crippen LogP contribution in [-0.2, 0) is 14.8 Å². The van der Waals surface area contributed by atoms with Gasteiger partial charge in [0.15, 0.2) is 0 Å². The summed E-state index contributed by atoms with van der Waals surface area (Å²) < 4.78 is 34.0. The summed E-state index contributed by atoms with van der Waals surface area (Å²) in [6.45, 7) is 3.66. The first-order valence-electron chi connectivity index (χ1n) is 13.1. The van der Waals surface area contributed by atoms with E-state index in [0.29, 0.717) is 10.5 Å². The molecule has 0 spiro atoms. The standard InChI is InChI=1S/C28H26N6O7S2/c1-18-16-32(17-19(2)41-18)43(39,40)27-14-22(33(35)36)9-10-23(27)31-30-15-20-8-11-25(24(13-20)34(37)38)42-26-7-3-5-21-6-4-12-29-28(21)26/h3-15,18-19,31H,16-17H2,1-2H3/b30-15-/t18-,19-/m0/s1. The van der Waals surface area contributed by atoms with Crippen molar-refractivity contribution in [2.75, 3.05) is 18.5 Å². The summed E-state index contributed by atoms with van der Waals surface area (Å²) in [5.74, 6) is 0. The predicted octanol–water partition coefficient (Wildman–Crippen LogP) is 5.45. The second kappa shape index (κ2) is 12.4. The second-order valence-corrected chi connectivity index (χ2v) is 12.8. The van der Waals surface area contributed by atoms with Gasteiger partial charge in [-0.15, -0.1) is 0 Å². The monoisotopic (exact) mass is 622 g/mol. The summed E-state index contributed by atoms with van der Waals surface area (Å²) in [4.78, 5) is 27.5. The molecule has 1 aliphatic rings. The Morgan fingerprint density at radius 3 is 2.47 bits per heavy atom. The molecule has 0 aliphatic carbocycles. The largest absolute Gasteiger partial charge is 0.373 e. The number of morpholine rings is 1. The van der Waals surface area contributed by atoms with Gasteiger partial charge in [-0.2, -0.15) is 9.41 Å². The molecule has 2 atom stereocenters. The van der Waals surface area contributed by atoms with Crippen molar-refractivity contribution >= 4 is 56.0 Å². The number of aromatic nitrogens is 1. The highest BCUT2D eigenvalue weighted by atomic mass is 32.2. The highest BCUT2D eigenvalue weighted by Crippen LogP contribution is 2.38. The fourth-order valence-corrected chi connectivity index (χ4v) is 7.47. The number of non-ortho nitro benzene ring substituents is 1. The zero-order valence-corrected chi connectivity index (χ0v) is 24.6. The van der Waals surface area contributed by atoms with E-state index < -0.39 is 25.6 Å². The number of nitro benzene ring substituents is 2. The molecular formula is C28H26N6O7S2. The number of fused-ring (bicyclic) bond motifs is 1. The van der Waals surface area contributed by atoms with Crippen LogP contribution in [0.2, 0.25) is 0 Å². The van der Waals surface area contributed by atoms with Crippen molar-refractivity contribution in [1.29, 1.82) is 0 Å². The predicted molar refractivity (Wildman–Crippen MR) is 162 cm³/mol. The summed E-state index contributed by atoms with van der Waals surface area (Å²) in [5.41, 5.74) is 3.23. The van der Waals surface area contributed by atoms with Crippen LogP contribution in [0.3, 0.4) is 0 Å². The number of rotatable bonds is 9. The zero-order chi connectivity index (χ0) is 30.7. The minimum atomic E-state index is -4.16. The highest BCUT2D eigenvalue weighted by Gasteiger charge is 2.34. The molecule has 0 saturated carbocycles. The van der Waals surface area contributed by atoms with E-state index in [4.69, 9.17) is 4.74 Å². The minimum absolute atomic E-state index is 0.0128. The zero-order valence-electron chi connectivity index (χ0n) is 23.0. The van der Waals surface area contributed by atoms with E-state index >= 15 is 0 Å².